The number of hydrogen-bond donors (Lipinski definition) is 2. The molecule has 0 fully saturated rings. The van der Waals surface area contributed by atoms with Crippen LogP contribution in [0, 0.1) is 0 Å². The molecule has 1 amide bonds. The van der Waals surface area contributed by atoms with Crippen molar-refractivity contribution in [2.24, 2.45) is 0 Å². The van der Waals surface area contributed by atoms with E-state index in [0.717, 1.165) is 28.5 Å². The molecule has 0 aliphatic heterocycles. The maximum absolute atomic E-state index is 12.6. The van der Waals surface area contributed by atoms with E-state index in [2.05, 4.69) is 20.6 Å². The van der Waals surface area contributed by atoms with Crippen LogP contribution in [-0.2, 0) is 4.74 Å². The maximum atomic E-state index is 12.6. The van der Waals surface area contributed by atoms with Gasteiger partial charge in [0.2, 0.25) is 0 Å². The average molecular weight is 427 g/mol. The number of anilines is 1. The van der Waals surface area contributed by atoms with E-state index in [4.69, 9.17) is 4.74 Å². The van der Waals surface area contributed by atoms with Crippen molar-refractivity contribution in [1.82, 2.24) is 20.0 Å². The molecule has 0 unspecified atom stereocenters. The van der Waals surface area contributed by atoms with Gasteiger partial charge in [0.1, 0.15) is 12.2 Å². The highest BCUT2D eigenvalue weighted by atomic mass is 16.5. The number of nitrogens with one attached hydrogen (secondary N) is 1. The number of aromatic nitrogens is 4. The SMILES string of the molecule is O=C(Nc1c(C(=O)O)cnn1-c1cccnn1)OCC1c2ccccc2-c2ccccc21. The van der Waals surface area contributed by atoms with E-state index < -0.39 is 12.1 Å². The van der Waals surface area contributed by atoms with Crippen molar-refractivity contribution in [2.75, 3.05) is 11.9 Å². The Morgan fingerprint density at radius 2 is 1.69 bits per heavy atom. The normalized spacial score (nSPS) is 12.1. The molecule has 1 aliphatic rings. The fourth-order valence-corrected chi connectivity index (χ4v) is 3.94. The number of carboxylic acids is 1. The lowest BCUT2D eigenvalue weighted by Crippen LogP contribution is -2.21. The molecule has 9 nitrogen and oxygen atoms in total. The van der Waals surface area contributed by atoms with Gasteiger partial charge in [-0.3, -0.25) is 5.32 Å². The Balaban J connectivity index is 1.38. The Labute approximate surface area is 182 Å². The zero-order chi connectivity index (χ0) is 22.1. The number of carbonyl (C=O) groups excluding carboxylic acids is 1. The first-order valence-corrected chi connectivity index (χ1v) is 9.85. The van der Waals surface area contributed by atoms with E-state index in [0.29, 0.717) is 0 Å². The first-order chi connectivity index (χ1) is 15.6. The molecule has 4 aromatic rings. The number of fused-ring (bicyclic) bond motifs is 3. The summed E-state index contributed by atoms with van der Waals surface area (Å²) in [5.74, 6) is -1.16. The second kappa shape index (κ2) is 7.95. The third kappa shape index (κ3) is 3.35. The third-order valence-corrected chi connectivity index (χ3v) is 5.34. The Morgan fingerprint density at radius 1 is 1.00 bits per heavy atom. The van der Waals surface area contributed by atoms with Gasteiger partial charge < -0.3 is 9.84 Å². The lowest BCUT2D eigenvalue weighted by molar-refractivity contribution is 0.0698. The monoisotopic (exact) mass is 427 g/mol. The van der Waals surface area contributed by atoms with Crippen LogP contribution in [0.25, 0.3) is 16.9 Å². The minimum Gasteiger partial charge on any atom is -0.477 e. The van der Waals surface area contributed by atoms with Crippen molar-refractivity contribution < 1.29 is 19.4 Å². The van der Waals surface area contributed by atoms with E-state index in [-0.39, 0.29) is 29.7 Å². The molecule has 158 valence electrons. The highest BCUT2D eigenvalue weighted by Gasteiger charge is 2.29. The summed E-state index contributed by atoms with van der Waals surface area (Å²) >= 11 is 0. The summed E-state index contributed by atoms with van der Waals surface area (Å²) in [5.41, 5.74) is 4.20. The summed E-state index contributed by atoms with van der Waals surface area (Å²) in [4.78, 5) is 24.3. The molecule has 5 rings (SSSR count). The number of carboxylic acid groups (broad SMARTS) is 1. The van der Waals surface area contributed by atoms with Crippen molar-refractivity contribution in [3.05, 3.63) is 89.7 Å². The molecule has 2 aromatic carbocycles. The minimum atomic E-state index is -1.24. The summed E-state index contributed by atoms with van der Waals surface area (Å²) < 4.78 is 6.71. The third-order valence-electron chi connectivity index (χ3n) is 5.34. The minimum absolute atomic E-state index is 0.0600. The molecule has 0 spiro atoms. The highest BCUT2D eigenvalue weighted by Crippen LogP contribution is 2.44. The number of hydrogen-bond acceptors (Lipinski definition) is 6. The molecular formula is C23H17N5O4. The van der Waals surface area contributed by atoms with Gasteiger partial charge in [-0.25, -0.2) is 9.59 Å². The predicted molar refractivity (Wildman–Crippen MR) is 115 cm³/mol. The molecule has 2 aromatic heterocycles. The van der Waals surface area contributed by atoms with Gasteiger partial charge in [0.05, 0.1) is 6.20 Å². The van der Waals surface area contributed by atoms with Gasteiger partial charge in [0, 0.05) is 12.1 Å². The number of benzene rings is 2. The predicted octanol–water partition coefficient (Wildman–Crippen LogP) is 3.72. The molecule has 9 heteroatoms. The van der Waals surface area contributed by atoms with Crippen molar-refractivity contribution in [2.45, 2.75) is 5.92 Å². The topological polar surface area (TPSA) is 119 Å². The van der Waals surface area contributed by atoms with Crippen LogP contribution in [-0.4, -0.2) is 43.8 Å². The molecular weight excluding hydrogens is 410 g/mol. The van der Waals surface area contributed by atoms with Crippen LogP contribution >= 0.6 is 0 Å². The summed E-state index contributed by atoms with van der Waals surface area (Å²) in [7, 11) is 0. The molecule has 0 radical (unpaired) electrons. The standard InChI is InChI=1S/C23H17N5O4/c29-22(30)18-12-25-28(20-10-5-11-24-27-20)21(18)26-23(31)32-13-19-16-8-3-1-6-14(16)15-7-2-4-9-17(15)19/h1-12,19H,13H2,(H,26,31)(H,29,30). The van der Waals surface area contributed by atoms with Crippen LogP contribution < -0.4 is 5.32 Å². The van der Waals surface area contributed by atoms with Gasteiger partial charge in [0.15, 0.2) is 11.6 Å². The van der Waals surface area contributed by atoms with E-state index in [1.54, 1.807) is 12.1 Å². The second-order valence-corrected chi connectivity index (χ2v) is 7.16. The van der Waals surface area contributed by atoms with Gasteiger partial charge in [-0.15, -0.1) is 5.10 Å². The largest absolute Gasteiger partial charge is 0.477 e. The van der Waals surface area contributed by atoms with Crippen LogP contribution in [0.3, 0.4) is 0 Å². The fraction of sp³-hybridized carbons (Fsp3) is 0.0870. The number of carbonyl (C=O) groups is 2. The number of ether oxygens (including phenoxy) is 1. The molecule has 0 atom stereocenters. The molecule has 0 saturated carbocycles. The van der Waals surface area contributed by atoms with Crippen LogP contribution in [0.4, 0.5) is 10.6 Å². The van der Waals surface area contributed by atoms with E-state index in [1.807, 2.05) is 48.5 Å². The van der Waals surface area contributed by atoms with Gasteiger partial charge >= 0.3 is 12.1 Å². The summed E-state index contributed by atoms with van der Waals surface area (Å²) in [6, 6.07) is 19.2. The second-order valence-electron chi connectivity index (χ2n) is 7.16. The summed E-state index contributed by atoms with van der Waals surface area (Å²) in [5, 5.41) is 23.7. The number of aromatic carboxylic acids is 1. The van der Waals surface area contributed by atoms with Crippen molar-refractivity contribution in [1.29, 1.82) is 0 Å². The molecule has 0 saturated heterocycles. The Kier molecular flexibility index (Phi) is 4.83. The first-order valence-electron chi connectivity index (χ1n) is 9.85. The Hall–Kier alpha value is -4.53. The number of nitrogens with zero attached hydrogens (tertiary/aromatic N) is 4. The van der Waals surface area contributed by atoms with Gasteiger partial charge in [-0.1, -0.05) is 48.5 Å². The van der Waals surface area contributed by atoms with Crippen LogP contribution in [0.1, 0.15) is 27.4 Å². The maximum Gasteiger partial charge on any atom is 0.412 e. The van der Waals surface area contributed by atoms with Gasteiger partial charge in [-0.05, 0) is 34.4 Å². The summed E-state index contributed by atoms with van der Waals surface area (Å²) in [6.07, 6.45) is 1.82. The van der Waals surface area contributed by atoms with Gasteiger partial charge in [0.25, 0.3) is 0 Å². The van der Waals surface area contributed by atoms with Crippen LogP contribution in [0.2, 0.25) is 0 Å². The quantitative estimate of drug-likeness (QED) is 0.498. The van der Waals surface area contributed by atoms with Crippen molar-refractivity contribution in [3.8, 4) is 16.9 Å². The van der Waals surface area contributed by atoms with Crippen molar-refractivity contribution >= 4 is 17.9 Å². The summed E-state index contributed by atoms with van der Waals surface area (Å²) in [6.45, 7) is 0.0988. The number of amides is 1. The Bertz CT molecular complexity index is 1270. The smallest absolute Gasteiger partial charge is 0.412 e. The molecule has 2 N–H and O–H groups in total. The zero-order valence-corrected chi connectivity index (χ0v) is 16.7. The highest BCUT2D eigenvalue weighted by molar-refractivity contribution is 5.97. The molecule has 2 heterocycles. The lowest BCUT2D eigenvalue weighted by atomic mass is 9.98. The molecule has 32 heavy (non-hydrogen) atoms. The molecule has 0 bridgehead atoms. The molecule has 1 aliphatic carbocycles. The van der Waals surface area contributed by atoms with Gasteiger partial charge in [-0.2, -0.15) is 14.9 Å². The lowest BCUT2D eigenvalue weighted by Gasteiger charge is -2.15. The van der Waals surface area contributed by atoms with E-state index in [1.165, 1.54) is 10.9 Å². The Morgan fingerprint density at radius 3 is 2.31 bits per heavy atom. The number of rotatable bonds is 5. The first kappa shape index (κ1) is 19.4. The van der Waals surface area contributed by atoms with E-state index >= 15 is 0 Å². The average Bonchev–Trinajstić information content (AvgIpc) is 3.38. The van der Waals surface area contributed by atoms with Crippen LogP contribution in [0.15, 0.2) is 73.1 Å². The van der Waals surface area contributed by atoms with E-state index in [9.17, 15) is 14.7 Å². The van der Waals surface area contributed by atoms with Crippen molar-refractivity contribution in [3.63, 3.8) is 0 Å². The van der Waals surface area contributed by atoms with Crippen LogP contribution in [0.5, 0.6) is 0 Å². The zero-order valence-electron chi connectivity index (χ0n) is 16.7. The fourth-order valence-electron chi connectivity index (χ4n) is 3.94.